The molecule has 0 saturated carbocycles. The lowest BCUT2D eigenvalue weighted by atomic mass is 9.83. The number of halogens is 6. The first-order valence-electron chi connectivity index (χ1n) is 14.5. The summed E-state index contributed by atoms with van der Waals surface area (Å²) in [5.41, 5.74) is -3.16. The Bertz CT molecular complexity index is 1560. The summed E-state index contributed by atoms with van der Waals surface area (Å²) >= 11 is 0. The molecule has 2 aromatic carbocycles. The van der Waals surface area contributed by atoms with Crippen molar-refractivity contribution >= 4 is 27.3 Å². The van der Waals surface area contributed by atoms with Gasteiger partial charge in [0.2, 0.25) is 11.8 Å². The molecule has 0 radical (unpaired) electrons. The van der Waals surface area contributed by atoms with Crippen molar-refractivity contribution in [3.8, 4) is 0 Å². The lowest BCUT2D eigenvalue weighted by molar-refractivity contribution is -0.143. The third kappa shape index (κ3) is 6.85. The highest BCUT2D eigenvalue weighted by Crippen LogP contribution is 2.42. The molecule has 2 aromatic rings. The number of hydrogen-bond donors (Lipinski definition) is 2. The molecular formula is C30H34F6N4O4S. The van der Waals surface area contributed by atoms with Gasteiger partial charge in [-0.25, -0.2) is 8.42 Å². The largest absolute Gasteiger partial charge is 0.416 e. The second kappa shape index (κ2) is 11.9. The molecule has 246 valence electrons. The molecule has 8 nitrogen and oxygen atoms in total. The highest BCUT2D eigenvalue weighted by Gasteiger charge is 2.46. The molecule has 0 aliphatic carbocycles. The molecule has 2 saturated heterocycles. The number of benzene rings is 2. The number of piperazine rings is 1. The Morgan fingerprint density at radius 3 is 2.11 bits per heavy atom. The lowest BCUT2D eigenvalue weighted by Gasteiger charge is -2.35. The van der Waals surface area contributed by atoms with Crippen LogP contribution in [-0.2, 0) is 37.5 Å². The Kier molecular flexibility index (Phi) is 8.77. The van der Waals surface area contributed by atoms with E-state index in [2.05, 4.69) is 15.5 Å². The highest BCUT2D eigenvalue weighted by atomic mass is 32.2. The topological polar surface area (TPSA) is 98.8 Å². The first-order chi connectivity index (χ1) is 20.8. The van der Waals surface area contributed by atoms with Crippen LogP contribution in [0.4, 0.5) is 32.0 Å². The quantitative estimate of drug-likeness (QED) is 0.443. The standard InChI is InChI=1S/C30H34F6N4O4S/c1-16-25(37-17(2)26(16)28(42)40-8-6-39(3)7-9-40)14-23-22-13-21(4-5-24(22)38-27(23)41)45(43,44)15-18-10-19(29(31,32)33)12-20(11-18)30(34,35)36/h4-5,10-13,16-17,23,25-26,37H,6-9,14-15H2,1-3H3,(H,38,41). The molecule has 3 aliphatic rings. The monoisotopic (exact) mass is 660 g/mol. The van der Waals surface area contributed by atoms with Gasteiger partial charge in [-0.1, -0.05) is 6.92 Å². The average molecular weight is 661 g/mol. The minimum absolute atomic E-state index is 0.0472. The van der Waals surface area contributed by atoms with Gasteiger partial charge in [-0.2, -0.15) is 26.3 Å². The summed E-state index contributed by atoms with van der Waals surface area (Å²) in [6.45, 7) is 6.67. The van der Waals surface area contributed by atoms with Crippen LogP contribution in [0.15, 0.2) is 41.3 Å². The molecule has 15 heteroatoms. The fourth-order valence-corrected chi connectivity index (χ4v) is 8.00. The summed E-state index contributed by atoms with van der Waals surface area (Å²) in [7, 11) is -2.43. The third-order valence-corrected chi connectivity index (χ3v) is 10.8. The second-order valence-corrected chi connectivity index (χ2v) is 14.3. The van der Waals surface area contributed by atoms with Gasteiger partial charge in [0.25, 0.3) is 0 Å². The summed E-state index contributed by atoms with van der Waals surface area (Å²) < 4.78 is 107. The third-order valence-electron chi connectivity index (χ3n) is 9.14. The predicted molar refractivity (Wildman–Crippen MR) is 153 cm³/mol. The van der Waals surface area contributed by atoms with Crippen LogP contribution in [0, 0.1) is 11.8 Å². The molecule has 0 aromatic heterocycles. The van der Waals surface area contributed by atoms with Crippen molar-refractivity contribution < 1.29 is 44.3 Å². The van der Waals surface area contributed by atoms with E-state index < -0.39 is 50.6 Å². The highest BCUT2D eigenvalue weighted by molar-refractivity contribution is 7.90. The number of rotatable bonds is 6. The SMILES string of the molecule is CC1NC(CC2C(=O)Nc3ccc(S(=O)(=O)Cc4cc(C(F)(F)F)cc(C(F)(F)F)c4)cc32)C(C)C1C(=O)N1CCN(C)CC1. The van der Waals surface area contributed by atoms with Gasteiger partial charge in [0.15, 0.2) is 9.84 Å². The van der Waals surface area contributed by atoms with E-state index in [9.17, 15) is 44.3 Å². The normalized spacial score (nSPS) is 26.2. The maximum atomic E-state index is 13.4. The van der Waals surface area contributed by atoms with Crippen molar-refractivity contribution in [3.05, 3.63) is 58.7 Å². The summed E-state index contributed by atoms with van der Waals surface area (Å²) in [4.78, 5) is 30.1. The zero-order chi connectivity index (χ0) is 33.1. The molecule has 5 rings (SSSR count). The van der Waals surface area contributed by atoms with E-state index in [0.29, 0.717) is 36.5 Å². The minimum atomic E-state index is -5.12. The number of amides is 2. The van der Waals surface area contributed by atoms with E-state index in [0.717, 1.165) is 13.1 Å². The number of likely N-dealkylation sites (N-methyl/N-ethyl adjacent to an activating group) is 1. The summed E-state index contributed by atoms with van der Waals surface area (Å²) in [6, 6.07) is 4.08. The fourth-order valence-electron chi connectivity index (χ4n) is 6.65. The summed E-state index contributed by atoms with van der Waals surface area (Å²) in [5, 5.41) is 6.16. The molecule has 45 heavy (non-hydrogen) atoms. The number of sulfone groups is 1. The van der Waals surface area contributed by atoms with Crippen LogP contribution >= 0.6 is 0 Å². The number of carbonyl (C=O) groups is 2. The van der Waals surface area contributed by atoms with Crippen LogP contribution in [0.2, 0.25) is 0 Å². The molecule has 5 atom stereocenters. The number of alkyl halides is 6. The van der Waals surface area contributed by atoms with Crippen molar-refractivity contribution in [1.82, 2.24) is 15.1 Å². The number of nitrogens with one attached hydrogen (secondary N) is 2. The van der Waals surface area contributed by atoms with Crippen molar-refractivity contribution in [2.24, 2.45) is 11.8 Å². The van der Waals surface area contributed by atoms with Gasteiger partial charge < -0.3 is 20.4 Å². The van der Waals surface area contributed by atoms with Crippen LogP contribution in [0.1, 0.15) is 48.4 Å². The van der Waals surface area contributed by atoms with Gasteiger partial charge in [0, 0.05) is 44.0 Å². The number of fused-ring (bicyclic) bond motifs is 1. The van der Waals surface area contributed by atoms with Gasteiger partial charge in [-0.05, 0) is 73.8 Å². The van der Waals surface area contributed by atoms with Gasteiger partial charge >= 0.3 is 12.4 Å². The Hall–Kier alpha value is -3.17. The maximum Gasteiger partial charge on any atom is 0.416 e. The van der Waals surface area contributed by atoms with E-state index in [1.54, 1.807) is 0 Å². The average Bonchev–Trinajstić information content (AvgIpc) is 3.40. The second-order valence-electron chi connectivity index (χ2n) is 12.3. The molecule has 5 unspecified atom stereocenters. The molecule has 3 heterocycles. The molecule has 2 amide bonds. The van der Waals surface area contributed by atoms with E-state index in [1.807, 2.05) is 25.8 Å². The first kappa shape index (κ1) is 33.2. The van der Waals surface area contributed by atoms with Crippen molar-refractivity contribution in [1.29, 1.82) is 0 Å². The number of carbonyl (C=O) groups excluding carboxylic acids is 2. The van der Waals surface area contributed by atoms with Crippen LogP contribution in [0.5, 0.6) is 0 Å². The van der Waals surface area contributed by atoms with Gasteiger partial charge in [-0.15, -0.1) is 0 Å². The van der Waals surface area contributed by atoms with Gasteiger partial charge in [0.05, 0.1) is 33.6 Å². The van der Waals surface area contributed by atoms with Crippen LogP contribution < -0.4 is 10.6 Å². The number of nitrogens with zero attached hydrogens (tertiary/aromatic N) is 2. The fraction of sp³-hybridized carbons (Fsp3) is 0.533. The maximum absolute atomic E-state index is 13.4. The molecule has 0 spiro atoms. The van der Waals surface area contributed by atoms with E-state index in [1.165, 1.54) is 18.2 Å². The van der Waals surface area contributed by atoms with Crippen molar-refractivity contribution in [2.75, 3.05) is 38.5 Å². The number of hydrogen-bond acceptors (Lipinski definition) is 6. The number of anilines is 1. The summed E-state index contributed by atoms with van der Waals surface area (Å²) in [6.07, 6.45) is -9.99. The van der Waals surface area contributed by atoms with Crippen molar-refractivity contribution in [3.63, 3.8) is 0 Å². The molecular weight excluding hydrogens is 626 g/mol. The lowest BCUT2D eigenvalue weighted by Crippen LogP contribution is -2.51. The molecule has 3 aliphatic heterocycles. The zero-order valence-corrected chi connectivity index (χ0v) is 25.6. The Balaban J connectivity index is 1.37. The molecule has 2 fully saturated rings. The van der Waals surface area contributed by atoms with E-state index in [-0.39, 0.29) is 53.1 Å². The van der Waals surface area contributed by atoms with Crippen LogP contribution in [0.25, 0.3) is 0 Å². The molecule has 2 N–H and O–H groups in total. The summed E-state index contributed by atoms with van der Waals surface area (Å²) in [5.74, 6) is -2.68. The van der Waals surface area contributed by atoms with Gasteiger partial charge in [0.1, 0.15) is 0 Å². The van der Waals surface area contributed by atoms with E-state index in [4.69, 9.17) is 0 Å². The molecule has 0 bridgehead atoms. The Morgan fingerprint density at radius 2 is 1.53 bits per heavy atom. The zero-order valence-electron chi connectivity index (χ0n) is 24.8. The predicted octanol–water partition coefficient (Wildman–Crippen LogP) is 4.51. The van der Waals surface area contributed by atoms with E-state index >= 15 is 0 Å². The smallest absolute Gasteiger partial charge is 0.340 e. The van der Waals surface area contributed by atoms with Gasteiger partial charge in [-0.3, -0.25) is 9.59 Å². The minimum Gasteiger partial charge on any atom is -0.340 e. The first-order valence-corrected chi connectivity index (χ1v) is 16.2. The van der Waals surface area contributed by atoms with Crippen LogP contribution in [-0.4, -0.2) is 75.3 Å². The Morgan fingerprint density at radius 1 is 0.933 bits per heavy atom. The van der Waals surface area contributed by atoms with Crippen molar-refractivity contribution in [2.45, 2.75) is 61.3 Å². The Labute approximate surface area is 257 Å². The van der Waals surface area contributed by atoms with Crippen LogP contribution in [0.3, 0.4) is 0 Å².